The van der Waals surface area contributed by atoms with Crippen LogP contribution in [0.1, 0.15) is 11.1 Å². The number of hydrazone groups is 1. The van der Waals surface area contributed by atoms with E-state index in [9.17, 15) is 8.42 Å². The van der Waals surface area contributed by atoms with Crippen molar-refractivity contribution < 1.29 is 13.2 Å². The van der Waals surface area contributed by atoms with Crippen LogP contribution in [0.25, 0.3) is 0 Å². The molecular formula is C15H15BrN2O3S. The van der Waals surface area contributed by atoms with E-state index in [0.717, 1.165) is 15.6 Å². The SMILES string of the molecule is COc1ccc(C=NNS(=O)(=O)c2ccc(C)cc2)cc1Br. The van der Waals surface area contributed by atoms with Gasteiger partial charge in [-0.3, -0.25) is 0 Å². The van der Waals surface area contributed by atoms with Gasteiger partial charge in [0.2, 0.25) is 0 Å². The number of nitrogens with zero attached hydrogens (tertiary/aromatic N) is 1. The number of hydrogen-bond acceptors (Lipinski definition) is 4. The Balaban J connectivity index is 2.11. The average Bonchev–Trinajstić information content (AvgIpc) is 2.48. The van der Waals surface area contributed by atoms with Gasteiger partial charge in [-0.15, -0.1) is 0 Å². The molecule has 0 atom stereocenters. The molecule has 1 N–H and O–H groups in total. The van der Waals surface area contributed by atoms with Crippen molar-refractivity contribution in [2.75, 3.05) is 7.11 Å². The third-order valence-corrected chi connectivity index (χ3v) is 4.75. The Labute approximate surface area is 138 Å². The molecule has 0 heterocycles. The molecule has 22 heavy (non-hydrogen) atoms. The number of aryl methyl sites for hydroxylation is 1. The Morgan fingerprint density at radius 1 is 1.18 bits per heavy atom. The molecule has 2 aromatic rings. The summed E-state index contributed by atoms with van der Waals surface area (Å²) < 4.78 is 30.0. The predicted octanol–water partition coefficient (Wildman–Crippen LogP) is 3.08. The maximum Gasteiger partial charge on any atom is 0.276 e. The molecule has 2 rings (SSSR count). The predicted molar refractivity (Wildman–Crippen MR) is 89.8 cm³/mol. The van der Waals surface area contributed by atoms with E-state index in [-0.39, 0.29) is 4.90 Å². The van der Waals surface area contributed by atoms with Gasteiger partial charge in [0.05, 0.1) is 22.7 Å². The molecule has 5 nitrogen and oxygen atoms in total. The van der Waals surface area contributed by atoms with Crippen molar-refractivity contribution in [1.29, 1.82) is 0 Å². The van der Waals surface area contributed by atoms with Crippen LogP contribution < -0.4 is 9.57 Å². The molecule has 0 spiro atoms. The first-order valence-electron chi connectivity index (χ1n) is 6.37. The third-order valence-electron chi connectivity index (χ3n) is 2.89. The average molecular weight is 383 g/mol. The number of ether oxygens (including phenoxy) is 1. The fraction of sp³-hybridized carbons (Fsp3) is 0.133. The van der Waals surface area contributed by atoms with Crippen molar-refractivity contribution in [1.82, 2.24) is 4.83 Å². The lowest BCUT2D eigenvalue weighted by atomic mass is 10.2. The van der Waals surface area contributed by atoms with Crippen LogP contribution in [0.4, 0.5) is 0 Å². The molecule has 0 aromatic heterocycles. The molecule has 2 aromatic carbocycles. The van der Waals surface area contributed by atoms with Gasteiger partial charge in [-0.1, -0.05) is 17.7 Å². The lowest BCUT2D eigenvalue weighted by Crippen LogP contribution is -2.18. The van der Waals surface area contributed by atoms with E-state index in [1.807, 2.05) is 6.92 Å². The summed E-state index contributed by atoms with van der Waals surface area (Å²) in [6.45, 7) is 1.89. The van der Waals surface area contributed by atoms with Gasteiger partial charge in [-0.25, -0.2) is 4.83 Å². The minimum atomic E-state index is -3.65. The van der Waals surface area contributed by atoms with E-state index in [0.29, 0.717) is 5.75 Å². The molecule has 0 saturated heterocycles. The van der Waals surface area contributed by atoms with Crippen molar-refractivity contribution in [3.63, 3.8) is 0 Å². The molecule has 7 heteroatoms. The second-order valence-electron chi connectivity index (χ2n) is 4.56. The number of nitrogens with one attached hydrogen (secondary N) is 1. The summed E-state index contributed by atoms with van der Waals surface area (Å²) in [5.74, 6) is 0.692. The fourth-order valence-electron chi connectivity index (χ4n) is 1.70. The van der Waals surface area contributed by atoms with Crippen LogP contribution in [-0.2, 0) is 10.0 Å². The summed E-state index contributed by atoms with van der Waals surface area (Å²) in [6, 6.07) is 11.9. The quantitative estimate of drug-likeness (QED) is 0.638. The van der Waals surface area contributed by atoms with E-state index >= 15 is 0 Å². The van der Waals surface area contributed by atoms with Crippen molar-refractivity contribution in [2.45, 2.75) is 11.8 Å². The first-order valence-corrected chi connectivity index (χ1v) is 8.65. The molecule has 0 aliphatic rings. The minimum absolute atomic E-state index is 0.172. The van der Waals surface area contributed by atoms with Crippen LogP contribution >= 0.6 is 15.9 Å². The fourth-order valence-corrected chi connectivity index (χ4v) is 3.05. The smallest absolute Gasteiger partial charge is 0.276 e. The Morgan fingerprint density at radius 2 is 1.86 bits per heavy atom. The number of hydrogen-bond donors (Lipinski definition) is 1. The van der Waals surface area contributed by atoms with Gasteiger partial charge < -0.3 is 4.74 Å². The van der Waals surface area contributed by atoms with Crippen molar-refractivity contribution in [3.8, 4) is 5.75 Å². The van der Waals surface area contributed by atoms with Crippen LogP contribution in [-0.4, -0.2) is 21.7 Å². The zero-order valence-electron chi connectivity index (χ0n) is 12.1. The normalized spacial score (nSPS) is 11.6. The highest BCUT2D eigenvalue weighted by Gasteiger charge is 2.11. The Morgan fingerprint density at radius 3 is 2.45 bits per heavy atom. The molecular weight excluding hydrogens is 368 g/mol. The largest absolute Gasteiger partial charge is 0.496 e. The standard InChI is InChI=1S/C15H15BrN2O3S/c1-11-3-6-13(7-4-11)22(19,20)18-17-10-12-5-8-15(21-2)14(16)9-12/h3-10,18H,1-2H3. The molecule has 0 aliphatic heterocycles. The molecule has 0 fully saturated rings. The van der Waals surface area contributed by atoms with Gasteiger partial charge in [0.25, 0.3) is 10.0 Å². The van der Waals surface area contributed by atoms with Crippen LogP contribution in [0, 0.1) is 6.92 Å². The number of benzene rings is 2. The molecule has 0 radical (unpaired) electrons. The summed E-state index contributed by atoms with van der Waals surface area (Å²) in [5, 5.41) is 3.78. The van der Waals surface area contributed by atoms with E-state index in [1.54, 1.807) is 37.4 Å². The lowest BCUT2D eigenvalue weighted by molar-refractivity contribution is 0.412. The van der Waals surface area contributed by atoms with Crippen LogP contribution in [0.3, 0.4) is 0 Å². The summed E-state index contributed by atoms with van der Waals surface area (Å²) >= 11 is 3.36. The highest BCUT2D eigenvalue weighted by molar-refractivity contribution is 9.10. The first kappa shape index (κ1) is 16.5. The molecule has 0 amide bonds. The zero-order valence-corrected chi connectivity index (χ0v) is 14.5. The maximum atomic E-state index is 12.0. The van der Waals surface area contributed by atoms with Crippen molar-refractivity contribution in [2.24, 2.45) is 5.10 Å². The number of rotatable bonds is 5. The second kappa shape index (κ2) is 6.93. The second-order valence-corrected chi connectivity index (χ2v) is 7.08. The van der Waals surface area contributed by atoms with Crippen LogP contribution in [0.5, 0.6) is 5.75 Å². The molecule has 0 unspecified atom stereocenters. The Bertz CT molecular complexity index is 787. The van der Waals surface area contributed by atoms with E-state index in [4.69, 9.17) is 4.74 Å². The van der Waals surface area contributed by atoms with Gasteiger partial charge in [0.15, 0.2) is 0 Å². The van der Waals surface area contributed by atoms with Crippen LogP contribution in [0.15, 0.2) is 56.9 Å². The van der Waals surface area contributed by atoms with E-state index in [1.165, 1.54) is 18.3 Å². The van der Waals surface area contributed by atoms with Crippen molar-refractivity contribution in [3.05, 3.63) is 58.1 Å². The summed E-state index contributed by atoms with van der Waals surface area (Å²) in [7, 11) is -2.08. The zero-order chi connectivity index (χ0) is 16.2. The van der Waals surface area contributed by atoms with E-state index in [2.05, 4.69) is 25.9 Å². The van der Waals surface area contributed by atoms with E-state index < -0.39 is 10.0 Å². The molecule has 116 valence electrons. The lowest BCUT2D eigenvalue weighted by Gasteiger charge is -2.04. The first-order chi connectivity index (χ1) is 10.4. The number of methoxy groups -OCH3 is 1. The van der Waals surface area contributed by atoms with Gasteiger partial charge in [-0.05, 0) is 58.7 Å². The summed E-state index contributed by atoms with van der Waals surface area (Å²) in [6.07, 6.45) is 1.43. The maximum absolute atomic E-state index is 12.0. The topological polar surface area (TPSA) is 67.8 Å². The van der Waals surface area contributed by atoms with Gasteiger partial charge >= 0.3 is 0 Å². The molecule has 0 saturated carbocycles. The highest BCUT2D eigenvalue weighted by Crippen LogP contribution is 2.24. The van der Waals surface area contributed by atoms with Gasteiger partial charge in [-0.2, -0.15) is 13.5 Å². The summed E-state index contributed by atoms with van der Waals surface area (Å²) in [5.41, 5.74) is 1.73. The number of sulfonamides is 1. The summed E-state index contributed by atoms with van der Waals surface area (Å²) in [4.78, 5) is 2.36. The minimum Gasteiger partial charge on any atom is -0.496 e. The monoisotopic (exact) mass is 382 g/mol. The van der Waals surface area contributed by atoms with Crippen molar-refractivity contribution >= 4 is 32.2 Å². The molecule has 0 bridgehead atoms. The third kappa shape index (κ3) is 4.08. The van der Waals surface area contributed by atoms with Crippen LogP contribution in [0.2, 0.25) is 0 Å². The number of halogens is 1. The molecule has 0 aliphatic carbocycles. The van der Waals surface area contributed by atoms with Gasteiger partial charge in [0.1, 0.15) is 5.75 Å². The Hall–Kier alpha value is -1.86. The Kier molecular flexibility index (Phi) is 5.20. The van der Waals surface area contributed by atoms with Gasteiger partial charge in [0, 0.05) is 0 Å². The highest BCUT2D eigenvalue weighted by atomic mass is 79.9.